The minimum absolute atomic E-state index is 0.209. The second-order valence-electron chi connectivity index (χ2n) is 30.5. The summed E-state index contributed by atoms with van der Waals surface area (Å²) in [7, 11) is 6.94. The Labute approximate surface area is 665 Å². The number of benzene rings is 10. The lowest BCUT2D eigenvalue weighted by molar-refractivity contribution is 0.414. The van der Waals surface area contributed by atoms with Gasteiger partial charge in [0, 0.05) is 62.3 Å². The first-order valence-corrected chi connectivity index (χ1v) is 41.7. The van der Waals surface area contributed by atoms with Crippen LogP contribution in [0, 0.1) is 13.8 Å². The van der Waals surface area contributed by atoms with Crippen molar-refractivity contribution in [3.63, 3.8) is 0 Å². The smallest absolute Gasteiger partial charge is 0.119 e. The molecule has 0 N–H and O–H groups in total. The predicted octanol–water partition coefficient (Wildman–Crippen LogP) is 29.8. The number of halogens is 4. The Kier molecular flexibility index (Phi) is 23.1. The van der Waals surface area contributed by atoms with Gasteiger partial charge in [-0.05, 0) is 277 Å². The van der Waals surface area contributed by atoms with Gasteiger partial charge in [-0.3, -0.25) is 0 Å². The summed E-state index contributed by atoms with van der Waals surface area (Å²) in [5, 5.41) is 0. The van der Waals surface area contributed by atoms with Crippen molar-refractivity contribution in [1.29, 1.82) is 0 Å². The van der Waals surface area contributed by atoms with Crippen molar-refractivity contribution in [2.75, 3.05) is 48.0 Å². The van der Waals surface area contributed by atoms with Crippen LogP contribution in [0.5, 0.6) is 23.0 Å². The van der Waals surface area contributed by atoms with Gasteiger partial charge in [0.2, 0.25) is 0 Å². The summed E-state index contributed by atoms with van der Waals surface area (Å²) < 4.78 is 27.0. The zero-order chi connectivity index (χ0) is 75.0. The van der Waals surface area contributed by atoms with Crippen LogP contribution in [-0.2, 0) is 21.7 Å². The van der Waals surface area contributed by atoms with Gasteiger partial charge in [-0.1, -0.05) is 196 Å². The van der Waals surface area contributed by atoms with Crippen LogP contribution in [0.1, 0.15) is 214 Å². The molecule has 4 atom stereocenters. The Hall–Kier alpha value is -7.48. The highest BCUT2D eigenvalue weighted by atomic mass is 79.9. The third-order valence-corrected chi connectivity index (χ3v) is 25.9. The molecule has 4 aliphatic rings. The van der Waals surface area contributed by atoms with Crippen molar-refractivity contribution < 1.29 is 18.9 Å². The number of hydrogen-bond donors (Lipinski definition) is 0. The molecule has 4 aliphatic heterocycles. The number of unbranched alkanes of at least 4 members (excludes halogenated alkanes) is 8. The number of fused-ring (bicyclic) bond motifs is 8. The first-order valence-electron chi connectivity index (χ1n) is 38.5. The Morgan fingerprint density at radius 3 is 0.642 bits per heavy atom. The average Bonchev–Trinajstić information content (AvgIpc) is 0.691. The molecule has 14 rings (SSSR count). The van der Waals surface area contributed by atoms with Crippen LogP contribution < -0.4 is 38.5 Å². The van der Waals surface area contributed by atoms with Gasteiger partial charge in [-0.15, -0.1) is 0 Å². The summed E-state index contributed by atoms with van der Waals surface area (Å²) >= 11 is 15.6. The molecule has 0 radical (unpaired) electrons. The summed E-state index contributed by atoms with van der Waals surface area (Å²) in [6, 6.07) is 67.1. The first kappa shape index (κ1) is 76.7. The monoisotopic (exact) mass is 1670 g/mol. The largest absolute Gasteiger partial charge is 0.497 e. The molecule has 552 valence electrons. The molecular weight excluding hydrogens is 1570 g/mol. The standard InChI is InChI=1S/2C47H52Br2N2O2/c2*1-8-10-12-26-46(4)38-28-32(48)14-24-42(38)50(34-16-20-36(52-6)21-17-34)44-31(3)45-41(30-40(44)46)47(5,27-13-11-9-2)39-29-33(49)15-25-43(39)51(45)35-18-22-37(53-7)23-19-35/h2*14-25,28-30H,8-13,26-27H2,1-7H3/t2*46-,47+. The highest BCUT2D eigenvalue weighted by Crippen LogP contribution is 2.66. The topological polar surface area (TPSA) is 49.9 Å². The van der Waals surface area contributed by atoms with E-state index in [2.05, 4.69) is 335 Å². The molecule has 10 aromatic rings. The van der Waals surface area contributed by atoms with Gasteiger partial charge in [0.15, 0.2) is 0 Å². The minimum atomic E-state index is -0.209. The van der Waals surface area contributed by atoms with E-state index in [1.807, 2.05) is 0 Å². The van der Waals surface area contributed by atoms with Gasteiger partial charge in [0.1, 0.15) is 23.0 Å². The molecule has 0 spiro atoms. The normalized spacial score (nSPS) is 18.6. The molecule has 0 saturated heterocycles. The van der Waals surface area contributed by atoms with Gasteiger partial charge in [0.05, 0.1) is 73.9 Å². The molecule has 12 heteroatoms. The Morgan fingerprint density at radius 2 is 0.462 bits per heavy atom. The SMILES string of the molecule is CCCCC[C@@]1(C)c2cc(Br)ccc2N(c2ccc(OC)cc2)c2c1cc1c(c2C)N(c2ccc(OC)cc2)c2ccc(Br)cc2[C@@]1(C)CCCCC.CCCCC[C@@]1(C)c2cc(Br)ccc2N(c2ccc(OC)cc2)c2c1cc1c(c2C)N(c2ccc(OC)cc2)c2ccc(Br)cc2[C@@]1(C)CCCCC. The Bertz CT molecular complexity index is 4230. The van der Waals surface area contributed by atoms with E-state index in [1.54, 1.807) is 28.4 Å². The summed E-state index contributed by atoms with van der Waals surface area (Å²) in [5.41, 5.74) is 27.3. The van der Waals surface area contributed by atoms with E-state index >= 15 is 0 Å². The van der Waals surface area contributed by atoms with Crippen LogP contribution in [0.4, 0.5) is 68.2 Å². The molecule has 0 unspecified atom stereocenters. The molecular formula is C94H104Br4N4O4. The van der Waals surface area contributed by atoms with E-state index in [-0.39, 0.29) is 21.7 Å². The summed E-state index contributed by atoms with van der Waals surface area (Å²) in [5.74, 6) is 3.41. The molecule has 0 fully saturated rings. The maximum atomic E-state index is 5.64. The zero-order valence-electron chi connectivity index (χ0n) is 64.6. The molecule has 0 bridgehead atoms. The van der Waals surface area contributed by atoms with Gasteiger partial charge in [0.25, 0.3) is 0 Å². The fourth-order valence-electron chi connectivity index (χ4n) is 18.1. The highest BCUT2D eigenvalue weighted by molar-refractivity contribution is 9.11. The van der Waals surface area contributed by atoms with E-state index < -0.39 is 0 Å². The predicted molar refractivity (Wildman–Crippen MR) is 460 cm³/mol. The molecule has 8 nitrogen and oxygen atoms in total. The molecule has 4 heterocycles. The summed E-state index contributed by atoms with van der Waals surface area (Å²) in [4.78, 5) is 10.1. The molecule has 0 saturated carbocycles. The van der Waals surface area contributed by atoms with E-state index in [1.165, 1.54) is 178 Å². The highest BCUT2D eigenvalue weighted by Gasteiger charge is 2.50. The van der Waals surface area contributed by atoms with Crippen LogP contribution in [0.2, 0.25) is 0 Å². The van der Waals surface area contributed by atoms with E-state index in [0.29, 0.717) is 0 Å². The lowest BCUT2D eigenvalue weighted by Gasteiger charge is -2.50. The van der Waals surface area contributed by atoms with Crippen molar-refractivity contribution in [1.82, 2.24) is 0 Å². The number of nitrogens with zero attached hydrogens (tertiary/aromatic N) is 4. The van der Waals surface area contributed by atoms with Gasteiger partial charge in [-0.2, -0.15) is 0 Å². The fraction of sp³-hybridized carbons (Fsp3) is 0.362. The van der Waals surface area contributed by atoms with E-state index in [0.717, 1.165) is 89.3 Å². The number of hydrogen-bond acceptors (Lipinski definition) is 8. The Morgan fingerprint density at radius 1 is 0.264 bits per heavy atom. The van der Waals surface area contributed by atoms with Crippen molar-refractivity contribution >= 4 is 132 Å². The summed E-state index contributed by atoms with van der Waals surface area (Å²) in [6.45, 7) is 24.0. The van der Waals surface area contributed by atoms with Crippen molar-refractivity contribution in [3.05, 3.63) is 256 Å². The number of ether oxygens (including phenoxy) is 4. The quantitative estimate of drug-likeness (QED) is 0.0555. The minimum Gasteiger partial charge on any atom is -0.497 e. The zero-order valence-corrected chi connectivity index (χ0v) is 70.9. The molecule has 0 aromatic heterocycles. The maximum Gasteiger partial charge on any atom is 0.119 e. The fourth-order valence-corrected chi connectivity index (χ4v) is 19.5. The Balaban J connectivity index is 0.000000188. The number of methoxy groups -OCH3 is 4. The summed E-state index contributed by atoms with van der Waals surface area (Å²) in [6.07, 6.45) is 18.5. The van der Waals surface area contributed by atoms with Gasteiger partial charge >= 0.3 is 0 Å². The lowest BCUT2D eigenvalue weighted by Crippen LogP contribution is -2.38. The van der Waals surface area contributed by atoms with Crippen LogP contribution >= 0.6 is 63.7 Å². The van der Waals surface area contributed by atoms with Crippen molar-refractivity contribution in [2.45, 2.75) is 194 Å². The second-order valence-corrected chi connectivity index (χ2v) is 34.2. The average molecular weight is 1670 g/mol. The van der Waals surface area contributed by atoms with Crippen LogP contribution in [0.15, 0.2) is 200 Å². The van der Waals surface area contributed by atoms with E-state index in [4.69, 9.17) is 18.9 Å². The lowest BCUT2D eigenvalue weighted by atomic mass is 9.63. The maximum absolute atomic E-state index is 5.64. The molecule has 0 aliphatic carbocycles. The third kappa shape index (κ3) is 13.8. The van der Waals surface area contributed by atoms with Crippen molar-refractivity contribution in [2.24, 2.45) is 0 Å². The van der Waals surface area contributed by atoms with Crippen LogP contribution in [0.25, 0.3) is 0 Å². The molecule has 0 amide bonds. The first-order chi connectivity index (χ1) is 51.2. The molecule has 106 heavy (non-hydrogen) atoms. The number of rotatable bonds is 24. The van der Waals surface area contributed by atoms with Gasteiger partial charge < -0.3 is 38.5 Å². The van der Waals surface area contributed by atoms with Crippen LogP contribution in [-0.4, -0.2) is 28.4 Å². The second kappa shape index (κ2) is 32.0. The van der Waals surface area contributed by atoms with E-state index in [9.17, 15) is 0 Å². The molecule has 10 aromatic carbocycles. The van der Waals surface area contributed by atoms with Crippen LogP contribution in [0.3, 0.4) is 0 Å². The van der Waals surface area contributed by atoms with Crippen molar-refractivity contribution in [3.8, 4) is 23.0 Å². The third-order valence-electron chi connectivity index (χ3n) is 23.9. The number of anilines is 12. The van der Waals surface area contributed by atoms with Gasteiger partial charge in [-0.25, -0.2) is 0 Å².